The van der Waals surface area contributed by atoms with Gasteiger partial charge in [-0.05, 0) is 43.4 Å². The van der Waals surface area contributed by atoms with Gasteiger partial charge in [-0.15, -0.1) is 0 Å². The normalized spacial score (nSPS) is 18.7. The van der Waals surface area contributed by atoms with E-state index in [2.05, 4.69) is 55.3 Å². The molecule has 0 amide bonds. The molecular formula is C17H28N2. The summed E-state index contributed by atoms with van der Waals surface area (Å²) in [7, 11) is 0. The van der Waals surface area contributed by atoms with Crippen molar-refractivity contribution in [3.63, 3.8) is 0 Å². The lowest BCUT2D eigenvalue weighted by Gasteiger charge is -2.36. The highest BCUT2D eigenvalue weighted by atomic mass is 15.1. The number of hydrogen-bond acceptors (Lipinski definition) is 2. The average Bonchev–Trinajstić information content (AvgIpc) is 2.43. The van der Waals surface area contributed by atoms with Crippen LogP contribution in [-0.4, -0.2) is 19.6 Å². The van der Waals surface area contributed by atoms with Gasteiger partial charge in [0.05, 0.1) is 0 Å². The molecule has 106 valence electrons. The molecule has 1 aromatic rings. The zero-order chi connectivity index (χ0) is 13.7. The van der Waals surface area contributed by atoms with Crippen LogP contribution in [0.25, 0.3) is 0 Å². The van der Waals surface area contributed by atoms with E-state index in [1.807, 2.05) is 0 Å². The Kier molecular flexibility index (Phi) is 5.26. The van der Waals surface area contributed by atoms with Crippen molar-refractivity contribution in [2.45, 2.75) is 46.1 Å². The highest BCUT2D eigenvalue weighted by Crippen LogP contribution is 2.33. The van der Waals surface area contributed by atoms with E-state index in [1.165, 1.54) is 43.6 Å². The van der Waals surface area contributed by atoms with Crippen LogP contribution in [0.5, 0.6) is 0 Å². The summed E-state index contributed by atoms with van der Waals surface area (Å²) in [5.74, 6) is 0.781. The van der Waals surface area contributed by atoms with Crippen molar-refractivity contribution in [1.82, 2.24) is 5.32 Å². The molecule has 0 aromatic heterocycles. The smallest absolute Gasteiger partial charge is 0.0414 e. The standard InChI is InChI=1S/C17H28N2/c1-4-11-18-16-10-13-19(12-9-14(2)3)17-8-6-5-7-15(16)17/h5-8,14,16,18H,4,9-13H2,1-3H3. The van der Waals surface area contributed by atoms with Gasteiger partial charge < -0.3 is 10.2 Å². The van der Waals surface area contributed by atoms with Crippen LogP contribution in [0.2, 0.25) is 0 Å². The van der Waals surface area contributed by atoms with Crippen LogP contribution in [0.1, 0.15) is 51.6 Å². The summed E-state index contributed by atoms with van der Waals surface area (Å²) in [5.41, 5.74) is 2.94. The number of anilines is 1. The molecule has 2 rings (SSSR count). The van der Waals surface area contributed by atoms with Crippen LogP contribution in [0.15, 0.2) is 24.3 Å². The fourth-order valence-electron chi connectivity index (χ4n) is 2.81. The van der Waals surface area contributed by atoms with Gasteiger partial charge in [0, 0.05) is 24.8 Å². The monoisotopic (exact) mass is 260 g/mol. The Labute approximate surface area is 118 Å². The first-order chi connectivity index (χ1) is 9.22. The summed E-state index contributed by atoms with van der Waals surface area (Å²) in [4.78, 5) is 2.57. The summed E-state index contributed by atoms with van der Waals surface area (Å²) in [5, 5.41) is 3.69. The zero-order valence-corrected chi connectivity index (χ0v) is 12.7. The molecule has 1 atom stereocenters. The molecule has 0 spiro atoms. The second-order valence-electron chi connectivity index (χ2n) is 6.02. The van der Waals surface area contributed by atoms with Gasteiger partial charge in [-0.25, -0.2) is 0 Å². The number of rotatable bonds is 6. The predicted molar refractivity (Wildman–Crippen MR) is 83.8 cm³/mol. The van der Waals surface area contributed by atoms with Gasteiger partial charge >= 0.3 is 0 Å². The SMILES string of the molecule is CCCNC1CCN(CCC(C)C)c2ccccc21. The molecule has 1 N–H and O–H groups in total. The molecule has 1 aliphatic heterocycles. The molecule has 0 radical (unpaired) electrons. The van der Waals surface area contributed by atoms with E-state index in [1.54, 1.807) is 0 Å². The maximum atomic E-state index is 3.69. The molecule has 1 aliphatic rings. The average molecular weight is 260 g/mol. The van der Waals surface area contributed by atoms with Gasteiger partial charge in [-0.3, -0.25) is 0 Å². The van der Waals surface area contributed by atoms with E-state index in [4.69, 9.17) is 0 Å². The summed E-state index contributed by atoms with van der Waals surface area (Å²) in [6, 6.07) is 9.47. The largest absolute Gasteiger partial charge is 0.371 e. The quantitative estimate of drug-likeness (QED) is 0.832. The fourth-order valence-corrected chi connectivity index (χ4v) is 2.81. The minimum Gasteiger partial charge on any atom is -0.371 e. The lowest BCUT2D eigenvalue weighted by molar-refractivity contribution is 0.468. The molecule has 0 aliphatic carbocycles. The molecule has 2 nitrogen and oxygen atoms in total. The number of nitrogens with zero attached hydrogens (tertiary/aromatic N) is 1. The Bertz CT molecular complexity index is 387. The van der Waals surface area contributed by atoms with Crippen LogP contribution in [-0.2, 0) is 0 Å². The molecule has 0 saturated heterocycles. The molecule has 0 saturated carbocycles. The minimum absolute atomic E-state index is 0.548. The first kappa shape index (κ1) is 14.4. The topological polar surface area (TPSA) is 15.3 Å². The lowest BCUT2D eigenvalue weighted by atomic mass is 9.95. The van der Waals surface area contributed by atoms with Crippen LogP contribution >= 0.6 is 0 Å². The number of para-hydroxylation sites is 1. The van der Waals surface area contributed by atoms with E-state index < -0.39 is 0 Å². The molecular weight excluding hydrogens is 232 g/mol. The summed E-state index contributed by atoms with van der Waals surface area (Å²) in [6.45, 7) is 10.3. The Morgan fingerprint density at radius 1 is 1.32 bits per heavy atom. The third-order valence-corrected chi connectivity index (χ3v) is 3.96. The maximum Gasteiger partial charge on any atom is 0.0414 e. The van der Waals surface area contributed by atoms with Gasteiger partial charge in [0.25, 0.3) is 0 Å². The van der Waals surface area contributed by atoms with Gasteiger partial charge in [-0.2, -0.15) is 0 Å². The molecule has 1 heterocycles. The minimum atomic E-state index is 0.548. The predicted octanol–water partition coefficient (Wildman–Crippen LogP) is 3.98. The van der Waals surface area contributed by atoms with Crippen LogP contribution in [0, 0.1) is 5.92 Å². The van der Waals surface area contributed by atoms with Crippen LogP contribution in [0.4, 0.5) is 5.69 Å². The van der Waals surface area contributed by atoms with Crippen molar-refractivity contribution in [2.75, 3.05) is 24.5 Å². The Morgan fingerprint density at radius 2 is 2.11 bits per heavy atom. The summed E-state index contributed by atoms with van der Waals surface area (Å²) >= 11 is 0. The second-order valence-corrected chi connectivity index (χ2v) is 6.02. The molecule has 19 heavy (non-hydrogen) atoms. The Hall–Kier alpha value is -1.02. The van der Waals surface area contributed by atoms with Crippen molar-refractivity contribution in [1.29, 1.82) is 0 Å². The van der Waals surface area contributed by atoms with Crippen molar-refractivity contribution < 1.29 is 0 Å². The molecule has 2 heteroatoms. The second kappa shape index (κ2) is 6.95. The summed E-state index contributed by atoms with van der Waals surface area (Å²) < 4.78 is 0. The molecule has 1 unspecified atom stereocenters. The van der Waals surface area contributed by atoms with Crippen LogP contribution < -0.4 is 10.2 Å². The van der Waals surface area contributed by atoms with E-state index in [-0.39, 0.29) is 0 Å². The van der Waals surface area contributed by atoms with Gasteiger partial charge in [0.1, 0.15) is 0 Å². The highest BCUT2D eigenvalue weighted by Gasteiger charge is 2.23. The molecule has 0 fully saturated rings. The van der Waals surface area contributed by atoms with Crippen molar-refractivity contribution in [3.8, 4) is 0 Å². The van der Waals surface area contributed by atoms with Gasteiger partial charge in [0.2, 0.25) is 0 Å². The van der Waals surface area contributed by atoms with Crippen molar-refractivity contribution in [2.24, 2.45) is 5.92 Å². The fraction of sp³-hybridized carbons (Fsp3) is 0.647. The van der Waals surface area contributed by atoms with Crippen molar-refractivity contribution in [3.05, 3.63) is 29.8 Å². The zero-order valence-electron chi connectivity index (χ0n) is 12.7. The third-order valence-electron chi connectivity index (χ3n) is 3.96. The number of benzene rings is 1. The molecule has 1 aromatic carbocycles. The number of nitrogens with one attached hydrogen (secondary N) is 1. The molecule has 0 bridgehead atoms. The highest BCUT2D eigenvalue weighted by molar-refractivity contribution is 5.56. The lowest BCUT2D eigenvalue weighted by Crippen LogP contribution is -2.37. The first-order valence-electron chi connectivity index (χ1n) is 7.79. The van der Waals surface area contributed by atoms with Crippen molar-refractivity contribution >= 4 is 5.69 Å². The Morgan fingerprint density at radius 3 is 2.84 bits per heavy atom. The van der Waals surface area contributed by atoms with Gasteiger partial charge in [-0.1, -0.05) is 39.0 Å². The first-order valence-corrected chi connectivity index (χ1v) is 7.79. The van der Waals surface area contributed by atoms with E-state index in [9.17, 15) is 0 Å². The van der Waals surface area contributed by atoms with E-state index in [0.29, 0.717) is 6.04 Å². The third kappa shape index (κ3) is 3.73. The number of fused-ring (bicyclic) bond motifs is 1. The van der Waals surface area contributed by atoms with Crippen LogP contribution in [0.3, 0.4) is 0 Å². The van der Waals surface area contributed by atoms with Gasteiger partial charge in [0.15, 0.2) is 0 Å². The van der Waals surface area contributed by atoms with E-state index >= 15 is 0 Å². The Balaban J connectivity index is 2.10. The van der Waals surface area contributed by atoms with E-state index in [0.717, 1.165) is 12.5 Å². The summed E-state index contributed by atoms with van der Waals surface area (Å²) in [6.07, 6.45) is 3.71. The number of hydrogen-bond donors (Lipinski definition) is 1. The maximum absolute atomic E-state index is 3.69.